The van der Waals surface area contributed by atoms with Gasteiger partial charge in [0.1, 0.15) is 23.3 Å². The Morgan fingerprint density at radius 2 is 1.78 bits per heavy atom. The molecule has 1 aliphatic heterocycles. The van der Waals surface area contributed by atoms with E-state index in [1.807, 2.05) is 53.4 Å². The number of phenolic OH excluding ortho intramolecular Hbond substituents is 1. The molecule has 0 spiro atoms. The van der Waals surface area contributed by atoms with Crippen molar-refractivity contribution < 1.29 is 9.52 Å². The van der Waals surface area contributed by atoms with Gasteiger partial charge in [0.25, 0.3) is 0 Å². The summed E-state index contributed by atoms with van der Waals surface area (Å²) >= 11 is 17.9. The lowest BCUT2D eigenvalue weighted by molar-refractivity contribution is 0.434. The zero-order chi connectivity index (χ0) is 22.2. The summed E-state index contributed by atoms with van der Waals surface area (Å²) in [6.45, 7) is 0. The fraction of sp³-hybridized carbons (Fsp3) is 0.0833. The number of nitrogens with one attached hydrogen (secondary N) is 1. The molecule has 1 saturated heterocycles. The second-order valence-corrected chi connectivity index (χ2v) is 8.52. The summed E-state index contributed by atoms with van der Waals surface area (Å²) in [6, 6.07) is 21.3. The Balaban J connectivity index is 1.61. The van der Waals surface area contributed by atoms with Crippen molar-refractivity contribution in [3.63, 3.8) is 0 Å². The predicted octanol–water partition coefficient (Wildman–Crippen LogP) is 6.53. The molecule has 8 heteroatoms. The molecule has 5 nitrogen and oxygen atoms in total. The van der Waals surface area contributed by atoms with E-state index in [1.54, 1.807) is 30.5 Å². The van der Waals surface area contributed by atoms with Gasteiger partial charge in [-0.1, -0.05) is 41.4 Å². The van der Waals surface area contributed by atoms with Crippen LogP contribution in [0.25, 0.3) is 11.3 Å². The Labute approximate surface area is 200 Å². The van der Waals surface area contributed by atoms with E-state index in [-0.39, 0.29) is 17.8 Å². The molecule has 32 heavy (non-hydrogen) atoms. The minimum Gasteiger partial charge on any atom is -0.506 e. The molecule has 1 aliphatic rings. The standard InChI is InChI=1S/C24H17Cl2N3O2S/c25-15-9-8-14(13-16(15)26)20-10-11-21(31-20)23-22(17-5-3-4-12-27-17)28-24(32)29(23)18-6-1-2-7-19(18)30/h1-13,22-23,30H,(H,28,32)/t22-,23+/m1/s1. The lowest BCUT2D eigenvalue weighted by Gasteiger charge is -2.26. The lowest BCUT2D eigenvalue weighted by Crippen LogP contribution is -2.29. The van der Waals surface area contributed by atoms with Crippen LogP contribution in [-0.2, 0) is 0 Å². The van der Waals surface area contributed by atoms with Gasteiger partial charge < -0.3 is 19.7 Å². The highest BCUT2D eigenvalue weighted by Gasteiger charge is 2.43. The molecule has 1 fully saturated rings. The van der Waals surface area contributed by atoms with Crippen LogP contribution in [0, 0.1) is 0 Å². The largest absolute Gasteiger partial charge is 0.506 e. The van der Waals surface area contributed by atoms with Gasteiger partial charge in [0.05, 0.1) is 27.5 Å². The number of thiocarbonyl (C=S) groups is 1. The fourth-order valence-corrected chi connectivity index (χ4v) is 4.52. The number of hydrogen-bond donors (Lipinski definition) is 2. The number of aromatic nitrogens is 1. The highest BCUT2D eigenvalue weighted by Crippen LogP contribution is 2.45. The van der Waals surface area contributed by atoms with Crippen molar-refractivity contribution in [2.75, 3.05) is 4.90 Å². The van der Waals surface area contributed by atoms with Gasteiger partial charge >= 0.3 is 0 Å². The van der Waals surface area contributed by atoms with E-state index in [1.165, 1.54) is 0 Å². The van der Waals surface area contributed by atoms with E-state index in [0.29, 0.717) is 32.4 Å². The van der Waals surface area contributed by atoms with E-state index in [4.69, 9.17) is 39.8 Å². The van der Waals surface area contributed by atoms with Crippen molar-refractivity contribution in [3.05, 3.63) is 100 Å². The SMILES string of the molecule is Oc1ccccc1N1C(=S)N[C@H](c2ccccn2)[C@@H]1c1ccc(-c2ccc(Cl)c(Cl)c2)o1. The number of benzene rings is 2. The Kier molecular flexibility index (Phi) is 5.51. The maximum Gasteiger partial charge on any atom is 0.174 e. The van der Waals surface area contributed by atoms with Crippen LogP contribution < -0.4 is 10.2 Å². The summed E-state index contributed by atoms with van der Waals surface area (Å²) in [4.78, 5) is 6.39. The number of rotatable bonds is 4. The number of halogens is 2. The molecule has 4 aromatic rings. The molecule has 2 aromatic carbocycles. The number of hydrogen-bond acceptors (Lipinski definition) is 4. The van der Waals surface area contributed by atoms with Gasteiger partial charge in [0.15, 0.2) is 5.11 Å². The first-order valence-electron chi connectivity index (χ1n) is 9.87. The summed E-state index contributed by atoms with van der Waals surface area (Å²) in [6.07, 6.45) is 1.74. The van der Waals surface area contributed by atoms with Gasteiger partial charge in [0, 0.05) is 11.8 Å². The van der Waals surface area contributed by atoms with Crippen LogP contribution in [-0.4, -0.2) is 15.2 Å². The molecule has 3 heterocycles. The monoisotopic (exact) mass is 481 g/mol. The topological polar surface area (TPSA) is 61.5 Å². The van der Waals surface area contributed by atoms with E-state index in [9.17, 15) is 5.11 Å². The average molecular weight is 482 g/mol. The molecule has 160 valence electrons. The summed E-state index contributed by atoms with van der Waals surface area (Å²) in [5, 5.41) is 15.3. The van der Waals surface area contributed by atoms with Crippen LogP contribution >= 0.6 is 35.4 Å². The maximum atomic E-state index is 10.5. The van der Waals surface area contributed by atoms with Crippen molar-refractivity contribution in [2.45, 2.75) is 12.1 Å². The van der Waals surface area contributed by atoms with Crippen molar-refractivity contribution in [2.24, 2.45) is 0 Å². The number of nitrogens with zero attached hydrogens (tertiary/aromatic N) is 2. The quantitative estimate of drug-likeness (QED) is 0.323. The molecule has 0 amide bonds. The molecule has 0 saturated carbocycles. The summed E-state index contributed by atoms with van der Waals surface area (Å²) < 4.78 is 6.29. The van der Waals surface area contributed by atoms with Gasteiger partial charge in [-0.3, -0.25) is 4.98 Å². The normalized spacial score (nSPS) is 18.1. The molecular weight excluding hydrogens is 465 g/mol. The third-order valence-corrected chi connectivity index (χ3v) is 6.42. The third-order valence-electron chi connectivity index (χ3n) is 5.36. The molecule has 0 radical (unpaired) electrons. The van der Waals surface area contributed by atoms with Gasteiger partial charge in [0.2, 0.25) is 0 Å². The van der Waals surface area contributed by atoms with Crippen LogP contribution in [0.3, 0.4) is 0 Å². The Hall–Kier alpha value is -3.06. The highest BCUT2D eigenvalue weighted by atomic mass is 35.5. The molecular formula is C24H17Cl2N3O2S. The molecule has 2 N–H and O–H groups in total. The molecule has 0 unspecified atom stereocenters. The third kappa shape index (κ3) is 3.71. The van der Waals surface area contributed by atoms with Crippen LogP contribution in [0.15, 0.2) is 83.4 Å². The van der Waals surface area contributed by atoms with E-state index < -0.39 is 0 Å². The average Bonchev–Trinajstić information content (AvgIpc) is 3.41. The van der Waals surface area contributed by atoms with Gasteiger partial charge in [-0.2, -0.15) is 0 Å². The van der Waals surface area contributed by atoms with Crippen molar-refractivity contribution in [1.29, 1.82) is 0 Å². The van der Waals surface area contributed by atoms with E-state index >= 15 is 0 Å². The molecule has 0 bridgehead atoms. The molecule has 2 atom stereocenters. The molecule has 0 aliphatic carbocycles. The van der Waals surface area contributed by atoms with Crippen LogP contribution in [0.4, 0.5) is 5.69 Å². The van der Waals surface area contributed by atoms with Gasteiger partial charge in [-0.05, 0) is 66.8 Å². The summed E-state index contributed by atoms with van der Waals surface area (Å²) in [5.41, 5.74) is 2.20. The minimum atomic E-state index is -0.373. The Morgan fingerprint density at radius 3 is 2.53 bits per heavy atom. The maximum absolute atomic E-state index is 10.5. The highest BCUT2D eigenvalue weighted by molar-refractivity contribution is 7.80. The van der Waals surface area contributed by atoms with Crippen LogP contribution in [0.2, 0.25) is 10.0 Å². The number of furan rings is 1. The molecule has 2 aromatic heterocycles. The van der Waals surface area contributed by atoms with Crippen LogP contribution in [0.5, 0.6) is 5.75 Å². The number of pyridine rings is 1. The van der Waals surface area contributed by atoms with E-state index in [2.05, 4.69) is 10.3 Å². The first-order chi connectivity index (χ1) is 15.5. The van der Waals surface area contributed by atoms with Crippen LogP contribution in [0.1, 0.15) is 23.5 Å². The zero-order valence-corrected chi connectivity index (χ0v) is 18.9. The zero-order valence-electron chi connectivity index (χ0n) is 16.6. The van der Waals surface area contributed by atoms with Crippen molar-refractivity contribution in [1.82, 2.24) is 10.3 Å². The Morgan fingerprint density at radius 1 is 0.969 bits per heavy atom. The number of aromatic hydroxyl groups is 1. The van der Waals surface area contributed by atoms with Crippen molar-refractivity contribution in [3.8, 4) is 17.1 Å². The first kappa shape index (κ1) is 20.8. The number of phenols is 1. The smallest absolute Gasteiger partial charge is 0.174 e. The van der Waals surface area contributed by atoms with Gasteiger partial charge in [-0.25, -0.2) is 0 Å². The Bertz CT molecular complexity index is 1300. The number of anilines is 1. The summed E-state index contributed by atoms with van der Waals surface area (Å²) in [5.74, 6) is 1.44. The van der Waals surface area contributed by atoms with Gasteiger partial charge in [-0.15, -0.1) is 0 Å². The second kappa shape index (κ2) is 8.47. The summed E-state index contributed by atoms with van der Waals surface area (Å²) in [7, 11) is 0. The fourth-order valence-electron chi connectivity index (χ4n) is 3.89. The first-order valence-corrected chi connectivity index (χ1v) is 11.0. The lowest BCUT2D eigenvalue weighted by atomic mass is 10.0. The molecule has 5 rings (SSSR count). The van der Waals surface area contributed by atoms with Crippen molar-refractivity contribution >= 4 is 46.2 Å². The minimum absolute atomic E-state index is 0.125. The van der Waals surface area contributed by atoms with E-state index in [0.717, 1.165) is 11.3 Å². The predicted molar refractivity (Wildman–Crippen MR) is 130 cm³/mol. The number of para-hydroxylation sites is 2. The second-order valence-electron chi connectivity index (χ2n) is 7.32.